The van der Waals surface area contributed by atoms with Crippen LogP contribution in [-0.2, 0) is 23.9 Å². The standard InChI is InChI=1S/C21H20O6/c1-26-20-11-14(5-9-18(20)24)3-7-16(22)13-17(23)8-4-15-6-10-19(25)21(12-15)27-2/h3-6,9-13,22H,7-8H2,1-2H3/b14-3-,15-4+,16-13-. The van der Waals surface area contributed by atoms with Crippen LogP contribution in [0.2, 0.25) is 0 Å². The minimum absolute atomic E-state index is 0.0735. The van der Waals surface area contributed by atoms with Gasteiger partial charge in [-0.25, -0.2) is 0 Å². The summed E-state index contributed by atoms with van der Waals surface area (Å²) >= 11 is 0. The van der Waals surface area contributed by atoms with E-state index in [1.165, 1.54) is 26.4 Å². The van der Waals surface area contributed by atoms with Crippen LogP contribution >= 0.6 is 0 Å². The van der Waals surface area contributed by atoms with Gasteiger partial charge >= 0.3 is 0 Å². The summed E-state index contributed by atoms with van der Waals surface area (Å²) in [6.07, 6.45) is 13.8. The van der Waals surface area contributed by atoms with Gasteiger partial charge in [-0.2, -0.15) is 0 Å². The van der Waals surface area contributed by atoms with Gasteiger partial charge in [-0.05, 0) is 35.5 Å². The van der Waals surface area contributed by atoms with Crippen LogP contribution in [0.25, 0.3) is 0 Å². The first kappa shape index (κ1) is 19.9. The number of aliphatic hydroxyl groups is 1. The third-order valence-corrected chi connectivity index (χ3v) is 3.79. The number of hydrogen-bond acceptors (Lipinski definition) is 6. The molecule has 0 aromatic carbocycles. The van der Waals surface area contributed by atoms with Gasteiger partial charge in [0.15, 0.2) is 17.3 Å². The van der Waals surface area contributed by atoms with Crippen molar-refractivity contribution in [2.75, 3.05) is 14.2 Å². The summed E-state index contributed by atoms with van der Waals surface area (Å²) < 4.78 is 9.91. The van der Waals surface area contributed by atoms with Crippen LogP contribution in [0.3, 0.4) is 0 Å². The first-order valence-electron chi connectivity index (χ1n) is 8.22. The summed E-state index contributed by atoms with van der Waals surface area (Å²) in [5.41, 5.74) is 1.39. The minimum atomic E-state index is -0.279. The number of carbonyl (C=O) groups excluding carboxylic acids is 3. The molecule has 0 heterocycles. The Hall–Kier alpha value is -3.41. The Morgan fingerprint density at radius 2 is 1.37 bits per heavy atom. The molecular formula is C21H20O6. The molecule has 0 fully saturated rings. The van der Waals surface area contributed by atoms with Crippen LogP contribution < -0.4 is 0 Å². The second-order valence-electron chi connectivity index (χ2n) is 5.74. The van der Waals surface area contributed by atoms with E-state index < -0.39 is 0 Å². The number of hydrogen-bond donors (Lipinski definition) is 1. The van der Waals surface area contributed by atoms with Crippen molar-refractivity contribution < 1.29 is 29.0 Å². The Bertz CT molecular complexity index is 859. The highest BCUT2D eigenvalue weighted by molar-refractivity contribution is 6.05. The Morgan fingerprint density at radius 1 is 0.889 bits per heavy atom. The summed E-state index contributed by atoms with van der Waals surface area (Å²) in [4.78, 5) is 34.9. The zero-order valence-electron chi connectivity index (χ0n) is 15.1. The second-order valence-corrected chi connectivity index (χ2v) is 5.74. The van der Waals surface area contributed by atoms with Crippen molar-refractivity contribution >= 4 is 17.3 Å². The van der Waals surface area contributed by atoms with Crippen LogP contribution in [0.1, 0.15) is 12.8 Å². The molecule has 2 aliphatic rings. The van der Waals surface area contributed by atoms with Crippen molar-refractivity contribution in [1.29, 1.82) is 0 Å². The number of carbonyl (C=O) groups is 3. The summed E-state index contributed by atoms with van der Waals surface area (Å²) in [5, 5.41) is 9.92. The maximum absolute atomic E-state index is 12.0. The second kappa shape index (κ2) is 9.33. The molecule has 6 heteroatoms. The number of aliphatic hydroxyl groups excluding tert-OH is 1. The van der Waals surface area contributed by atoms with E-state index in [0.29, 0.717) is 11.1 Å². The molecule has 27 heavy (non-hydrogen) atoms. The third-order valence-electron chi connectivity index (χ3n) is 3.79. The summed E-state index contributed by atoms with van der Waals surface area (Å²) in [7, 11) is 2.82. The first-order chi connectivity index (χ1) is 12.9. The van der Waals surface area contributed by atoms with Crippen molar-refractivity contribution in [1.82, 2.24) is 0 Å². The predicted molar refractivity (Wildman–Crippen MR) is 99.6 cm³/mol. The highest BCUT2D eigenvalue weighted by Gasteiger charge is 2.12. The van der Waals surface area contributed by atoms with Crippen LogP contribution in [0.4, 0.5) is 0 Å². The minimum Gasteiger partial charge on any atom is -0.512 e. The van der Waals surface area contributed by atoms with Gasteiger partial charge in [0.05, 0.1) is 20.0 Å². The molecule has 0 bridgehead atoms. The molecule has 6 nitrogen and oxygen atoms in total. The number of ketones is 3. The normalized spacial score (nSPS) is 20.0. The van der Waals surface area contributed by atoms with Crippen molar-refractivity contribution in [2.24, 2.45) is 0 Å². The SMILES string of the molecule is COC1=C/C(=C\C/C(O)=C/C(=O)C/C=C2\C=CC(=O)C(OC)=C2)C=CC1=O. The van der Waals surface area contributed by atoms with E-state index in [4.69, 9.17) is 9.47 Å². The zero-order valence-corrected chi connectivity index (χ0v) is 15.1. The lowest BCUT2D eigenvalue weighted by atomic mass is 10.0. The van der Waals surface area contributed by atoms with Crippen LogP contribution in [-0.4, -0.2) is 36.7 Å². The Morgan fingerprint density at radius 3 is 1.85 bits per heavy atom. The lowest BCUT2D eigenvalue weighted by molar-refractivity contribution is -0.114. The molecule has 0 radical (unpaired) electrons. The van der Waals surface area contributed by atoms with E-state index in [2.05, 4.69) is 0 Å². The lowest BCUT2D eigenvalue weighted by Gasteiger charge is -2.07. The van der Waals surface area contributed by atoms with Gasteiger partial charge in [0.2, 0.25) is 11.6 Å². The van der Waals surface area contributed by atoms with Crippen molar-refractivity contribution in [2.45, 2.75) is 12.8 Å². The average molecular weight is 368 g/mol. The van der Waals surface area contributed by atoms with Gasteiger partial charge in [0, 0.05) is 18.9 Å². The van der Waals surface area contributed by atoms with Gasteiger partial charge in [-0.1, -0.05) is 24.3 Å². The molecule has 2 rings (SSSR count). The van der Waals surface area contributed by atoms with Gasteiger partial charge in [0.25, 0.3) is 0 Å². The maximum atomic E-state index is 12.0. The number of ether oxygens (including phenoxy) is 2. The lowest BCUT2D eigenvalue weighted by Crippen LogP contribution is -2.05. The average Bonchev–Trinajstić information content (AvgIpc) is 2.66. The van der Waals surface area contributed by atoms with Crippen molar-refractivity contribution in [3.05, 3.63) is 83.1 Å². The Balaban J connectivity index is 1.95. The Kier molecular flexibility index (Phi) is 6.88. The molecule has 140 valence electrons. The fourth-order valence-corrected chi connectivity index (χ4v) is 2.37. The number of allylic oxidation sites excluding steroid dienone is 11. The smallest absolute Gasteiger partial charge is 0.220 e. The first-order valence-corrected chi connectivity index (χ1v) is 8.22. The summed E-state index contributed by atoms with van der Waals surface area (Å²) in [6, 6.07) is 0. The molecule has 2 aliphatic carbocycles. The maximum Gasteiger partial charge on any atom is 0.220 e. The summed E-state index contributed by atoms with van der Waals surface area (Å²) in [6.45, 7) is 0. The fourth-order valence-electron chi connectivity index (χ4n) is 2.37. The monoisotopic (exact) mass is 368 g/mol. The topological polar surface area (TPSA) is 89.9 Å². The van der Waals surface area contributed by atoms with Crippen LogP contribution in [0.5, 0.6) is 0 Å². The quantitative estimate of drug-likeness (QED) is 0.549. The molecule has 0 saturated heterocycles. The highest BCUT2D eigenvalue weighted by Crippen LogP contribution is 2.16. The van der Waals surface area contributed by atoms with Gasteiger partial charge < -0.3 is 14.6 Å². The van der Waals surface area contributed by atoms with Gasteiger partial charge in [-0.15, -0.1) is 0 Å². The van der Waals surface area contributed by atoms with Crippen LogP contribution in [0, 0.1) is 0 Å². The van der Waals surface area contributed by atoms with Crippen molar-refractivity contribution in [3.8, 4) is 0 Å². The molecule has 1 N–H and O–H groups in total. The molecule has 0 spiro atoms. The fraction of sp³-hybridized carbons (Fsp3) is 0.190. The van der Waals surface area contributed by atoms with Gasteiger partial charge in [0.1, 0.15) is 0 Å². The van der Waals surface area contributed by atoms with E-state index in [1.807, 2.05) is 0 Å². The molecule has 0 aromatic rings. The van der Waals surface area contributed by atoms with Crippen molar-refractivity contribution in [3.63, 3.8) is 0 Å². The van der Waals surface area contributed by atoms with E-state index in [1.54, 1.807) is 36.5 Å². The van der Waals surface area contributed by atoms with E-state index in [-0.39, 0.29) is 47.5 Å². The number of rotatable bonds is 7. The molecule has 0 aromatic heterocycles. The Labute approximate surface area is 157 Å². The molecule has 0 unspecified atom stereocenters. The third kappa shape index (κ3) is 5.81. The van der Waals surface area contributed by atoms with E-state index >= 15 is 0 Å². The largest absolute Gasteiger partial charge is 0.512 e. The number of methoxy groups -OCH3 is 2. The van der Waals surface area contributed by atoms with E-state index in [9.17, 15) is 19.5 Å². The van der Waals surface area contributed by atoms with Crippen LogP contribution in [0.15, 0.2) is 83.1 Å². The zero-order chi connectivity index (χ0) is 19.8. The molecule has 0 saturated carbocycles. The van der Waals surface area contributed by atoms with Gasteiger partial charge in [-0.3, -0.25) is 14.4 Å². The molecule has 0 aliphatic heterocycles. The molecule has 0 amide bonds. The summed E-state index contributed by atoms with van der Waals surface area (Å²) in [5.74, 6) is -0.386. The van der Waals surface area contributed by atoms with E-state index in [0.717, 1.165) is 6.08 Å². The highest BCUT2D eigenvalue weighted by atomic mass is 16.5. The molecule has 0 atom stereocenters. The predicted octanol–water partition coefficient (Wildman–Crippen LogP) is 2.97. The molecular weight excluding hydrogens is 348 g/mol.